The molecule has 0 aliphatic carbocycles. The Morgan fingerprint density at radius 2 is 2.21 bits per heavy atom. The molecule has 0 saturated carbocycles. The summed E-state index contributed by atoms with van der Waals surface area (Å²) in [5.41, 5.74) is 1.31. The van der Waals surface area contributed by atoms with Gasteiger partial charge in [0.1, 0.15) is 6.10 Å². The minimum absolute atomic E-state index is 0.163. The van der Waals surface area contributed by atoms with Crippen LogP contribution >= 0.6 is 0 Å². The lowest BCUT2D eigenvalue weighted by Crippen LogP contribution is -2.27. The van der Waals surface area contributed by atoms with Gasteiger partial charge in [0.05, 0.1) is 13.2 Å². The normalized spacial score (nSPS) is 13.7. The average molecular weight is 268 g/mol. The molecule has 1 amide bonds. The van der Waals surface area contributed by atoms with E-state index in [0.29, 0.717) is 18.0 Å². The Labute approximate surface area is 112 Å². The van der Waals surface area contributed by atoms with Crippen molar-refractivity contribution in [2.24, 2.45) is 0 Å². The van der Waals surface area contributed by atoms with E-state index in [1.54, 1.807) is 6.07 Å². The molecule has 1 aromatic rings. The Hall–Kier alpha value is -1.66. The summed E-state index contributed by atoms with van der Waals surface area (Å²) < 4.78 is 5.03. The highest BCUT2D eigenvalue weighted by atomic mass is 16.5. The molecule has 19 heavy (non-hydrogen) atoms. The lowest BCUT2D eigenvalue weighted by atomic mass is 10.0. The van der Waals surface area contributed by atoms with Gasteiger partial charge in [0, 0.05) is 30.8 Å². The molecule has 0 spiro atoms. The van der Waals surface area contributed by atoms with Crippen molar-refractivity contribution in [2.45, 2.75) is 32.5 Å². The fourth-order valence-corrected chi connectivity index (χ4v) is 1.74. The van der Waals surface area contributed by atoms with Gasteiger partial charge in [-0.3, -0.25) is 4.79 Å². The smallest absolute Gasteiger partial charge is 0.216 e. The Kier molecular flexibility index (Phi) is 5.72. The molecule has 0 bridgehead atoms. The van der Waals surface area contributed by atoms with Crippen LogP contribution in [0.25, 0.3) is 0 Å². The maximum atomic E-state index is 10.7. The van der Waals surface area contributed by atoms with Crippen molar-refractivity contribution in [3.63, 3.8) is 0 Å². The minimum atomic E-state index is -1.04. The van der Waals surface area contributed by atoms with Gasteiger partial charge in [-0.2, -0.15) is 0 Å². The molecule has 1 rings (SSSR count). The molecular weight excluding hydrogens is 248 g/mol. The molecular formula is C13H20N2O4. The van der Waals surface area contributed by atoms with E-state index >= 15 is 0 Å². The van der Waals surface area contributed by atoms with Gasteiger partial charge in [0.15, 0.2) is 0 Å². The van der Waals surface area contributed by atoms with E-state index in [9.17, 15) is 15.0 Å². The van der Waals surface area contributed by atoms with Crippen molar-refractivity contribution in [3.05, 3.63) is 23.4 Å². The number of methoxy groups -OCH3 is 1. The summed E-state index contributed by atoms with van der Waals surface area (Å²) in [7, 11) is 1.52. The van der Waals surface area contributed by atoms with Crippen LogP contribution in [0.5, 0.6) is 5.88 Å². The third-order valence-corrected chi connectivity index (χ3v) is 2.76. The lowest BCUT2D eigenvalue weighted by molar-refractivity contribution is -0.119. The zero-order valence-corrected chi connectivity index (χ0v) is 11.4. The van der Waals surface area contributed by atoms with Crippen LogP contribution in [0.1, 0.15) is 30.6 Å². The number of rotatable bonds is 6. The number of nitrogens with zero attached hydrogens (tertiary/aromatic N) is 1. The molecule has 0 saturated heterocycles. The van der Waals surface area contributed by atoms with Crippen molar-refractivity contribution in [2.75, 3.05) is 13.7 Å². The lowest BCUT2D eigenvalue weighted by Gasteiger charge is -2.18. The molecule has 3 N–H and O–H groups in total. The Balaban J connectivity index is 2.63. The van der Waals surface area contributed by atoms with Crippen molar-refractivity contribution in [1.82, 2.24) is 10.3 Å². The zero-order chi connectivity index (χ0) is 14.4. The van der Waals surface area contributed by atoms with Gasteiger partial charge in [0.2, 0.25) is 11.8 Å². The number of carbonyl (C=O) groups excluding carboxylic acids is 1. The van der Waals surface area contributed by atoms with Gasteiger partial charge in [-0.05, 0) is 19.4 Å². The average Bonchev–Trinajstić information content (AvgIpc) is 2.37. The Morgan fingerprint density at radius 1 is 1.53 bits per heavy atom. The second kappa shape index (κ2) is 7.06. The number of aromatic nitrogens is 1. The molecule has 6 heteroatoms. The number of hydrogen-bond acceptors (Lipinski definition) is 5. The summed E-state index contributed by atoms with van der Waals surface area (Å²) in [6, 6.07) is 1.72. The predicted octanol–water partition coefficient (Wildman–Crippen LogP) is 0.319. The highest BCUT2D eigenvalue weighted by Crippen LogP contribution is 2.22. The topological polar surface area (TPSA) is 91.7 Å². The standard InChI is InChI=1S/C13H20N2O4/c1-8-6-10(7-15-13(8)19-3)12(18)11(17)4-5-14-9(2)16/h6-7,11-12,17-18H,4-5H2,1-3H3,(H,14,16). The van der Waals surface area contributed by atoms with E-state index < -0.39 is 12.2 Å². The largest absolute Gasteiger partial charge is 0.481 e. The number of aliphatic hydroxyl groups excluding tert-OH is 2. The van der Waals surface area contributed by atoms with Crippen molar-refractivity contribution in [3.8, 4) is 5.88 Å². The fourth-order valence-electron chi connectivity index (χ4n) is 1.74. The number of hydrogen-bond donors (Lipinski definition) is 3. The molecule has 1 heterocycles. The van der Waals surface area contributed by atoms with Gasteiger partial charge in [-0.25, -0.2) is 4.98 Å². The summed E-state index contributed by atoms with van der Waals surface area (Å²) in [5.74, 6) is 0.326. The molecule has 0 radical (unpaired) electrons. The van der Waals surface area contributed by atoms with Gasteiger partial charge in [-0.15, -0.1) is 0 Å². The summed E-state index contributed by atoms with van der Waals surface area (Å²) >= 11 is 0. The highest BCUT2D eigenvalue weighted by Gasteiger charge is 2.19. The van der Waals surface area contributed by atoms with Gasteiger partial charge < -0.3 is 20.3 Å². The Bertz CT molecular complexity index is 437. The third kappa shape index (κ3) is 4.50. The first-order valence-electron chi connectivity index (χ1n) is 6.06. The first kappa shape index (κ1) is 15.4. The molecule has 0 aromatic carbocycles. The van der Waals surface area contributed by atoms with Crippen LogP contribution in [0.2, 0.25) is 0 Å². The van der Waals surface area contributed by atoms with Crippen LogP contribution in [-0.4, -0.2) is 40.9 Å². The summed E-state index contributed by atoms with van der Waals surface area (Å²) in [6.45, 7) is 3.53. The van der Waals surface area contributed by atoms with Crippen LogP contribution in [-0.2, 0) is 4.79 Å². The Morgan fingerprint density at radius 3 is 2.74 bits per heavy atom. The van der Waals surface area contributed by atoms with Crippen LogP contribution in [0, 0.1) is 6.92 Å². The summed E-state index contributed by atoms with van der Waals surface area (Å²) in [6.07, 6.45) is -0.253. The first-order chi connectivity index (χ1) is 8.95. The minimum Gasteiger partial charge on any atom is -0.481 e. The maximum absolute atomic E-state index is 10.7. The van der Waals surface area contributed by atoms with Gasteiger partial charge >= 0.3 is 0 Å². The van der Waals surface area contributed by atoms with Crippen LogP contribution in [0.15, 0.2) is 12.3 Å². The number of ether oxygens (including phenoxy) is 1. The van der Waals surface area contributed by atoms with Crippen molar-refractivity contribution >= 4 is 5.91 Å². The molecule has 106 valence electrons. The number of amides is 1. The molecule has 0 aliphatic rings. The monoisotopic (exact) mass is 268 g/mol. The molecule has 0 aliphatic heterocycles. The van der Waals surface area contributed by atoms with Crippen LogP contribution < -0.4 is 10.1 Å². The summed E-state index contributed by atoms with van der Waals surface area (Å²) in [4.78, 5) is 14.7. The van der Waals surface area contributed by atoms with Crippen molar-refractivity contribution in [1.29, 1.82) is 0 Å². The number of aryl methyl sites for hydroxylation is 1. The van der Waals surface area contributed by atoms with E-state index in [0.717, 1.165) is 5.56 Å². The molecule has 2 atom stereocenters. The number of pyridine rings is 1. The van der Waals surface area contributed by atoms with Gasteiger partial charge in [-0.1, -0.05) is 0 Å². The van der Waals surface area contributed by atoms with Crippen molar-refractivity contribution < 1.29 is 19.7 Å². The predicted molar refractivity (Wildman–Crippen MR) is 69.8 cm³/mol. The van der Waals surface area contributed by atoms with Crippen LogP contribution in [0.4, 0.5) is 0 Å². The molecule has 0 fully saturated rings. The molecule has 2 unspecified atom stereocenters. The quantitative estimate of drug-likeness (QED) is 0.691. The molecule has 6 nitrogen and oxygen atoms in total. The van der Waals surface area contributed by atoms with E-state index in [4.69, 9.17) is 4.74 Å². The first-order valence-corrected chi connectivity index (χ1v) is 6.06. The van der Waals surface area contributed by atoms with E-state index in [1.807, 2.05) is 6.92 Å². The number of nitrogens with one attached hydrogen (secondary N) is 1. The highest BCUT2D eigenvalue weighted by molar-refractivity contribution is 5.72. The SMILES string of the molecule is COc1ncc(C(O)C(O)CCNC(C)=O)cc1C. The fraction of sp³-hybridized carbons (Fsp3) is 0.538. The van der Waals surface area contributed by atoms with Gasteiger partial charge in [0.25, 0.3) is 0 Å². The number of carbonyl (C=O) groups is 1. The second-order valence-electron chi connectivity index (χ2n) is 4.38. The van der Waals surface area contributed by atoms with E-state index in [-0.39, 0.29) is 12.3 Å². The maximum Gasteiger partial charge on any atom is 0.216 e. The second-order valence-corrected chi connectivity index (χ2v) is 4.38. The van der Waals surface area contributed by atoms with E-state index in [2.05, 4.69) is 10.3 Å². The zero-order valence-electron chi connectivity index (χ0n) is 11.4. The molecule has 1 aromatic heterocycles. The van der Waals surface area contributed by atoms with Crippen LogP contribution in [0.3, 0.4) is 0 Å². The third-order valence-electron chi connectivity index (χ3n) is 2.76. The number of aliphatic hydroxyl groups is 2. The van der Waals surface area contributed by atoms with E-state index in [1.165, 1.54) is 20.2 Å². The summed E-state index contributed by atoms with van der Waals surface area (Å²) in [5, 5.41) is 22.4.